The second-order valence-corrected chi connectivity index (χ2v) is 6.29. The summed E-state index contributed by atoms with van der Waals surface area (Å²) in [7, 11) is 0. The summed E-state index contributed by atoms with van der Waals surface area (Å²) in [5.74, 6) is -1.06. The summed E-state index contributed by atoms with van der Waals surface area (Å²) in [6.45, 7) is -0.0407. The lowest BCUT2D eigenvalue weighted by atomic mass is 10.1. The van der Waals surface area contributed by atoms with E-state index < -0.39 is 5.97 Å². The molecule has 0 amide bonds. The molecule has 0 unspecified atom stereocenters. The van der Waals surface area contributed by atoms with E-state index in [1.54, 1.807) is 4.68 Å². The van der Waals surface area contributed by atoms with Crippen molar-refractivity contribution in [2.75, 3.05) is 0 Å². The van der Waals surface area contributed by atoms with Gasteiger partial charge in [-0.25, -0.2) is 14.5 Å². The Morgan fingerprint density at radius 1 is 1.16 bits per heavy atom. The van der Waals surface area contributed by atoms with Gasteiger partial charge < -0.3 is 10.2 Å². The van der Waals surface area contributed by atoms with E-state index in [0.717, 1.165) is 27.7 Å². The minimum absolute atomic E-state index is 0.00316. The van der Waals surface area contributed by atoms with Crippen LogP contribution < -0.4 is 0 Å². The number of nitrogens with zero attached hydrogens (tertiary/aromatic N) is 3. The number of carbonyl (C=O) groups is 1. The third kappa shape index (κ3) is 2.69. The molecule has 2 aromatic heterocycles. The van der Waals surface area contributed by atoms with Gasteiger partial charge in [-0.05, 0) is 17.7 Å². The molecule has 0 fully saturated rings. The van der Waals surface area contributed by atoms with Gasteiger partial charge in [-0.15, -0.1) is 11.3 Å². The van der Waals surface area contributed by atoms with Crippen LogP contribution in [-0.4, -0.2) is 30.9 Å². The van der Waals surface area contributed by atoms with Crippen LogP contribution in [0.5, 0.6) is 0 Å². The first kappa shape index (κ1) is 15.5. The summed E-state index contributed by atoms with van der Waals surface area (Å²) in [4.78, 5) is 15.2. The van der Waals surface area contributed by atoms with Crippen molar-refractivity contribution in [1.29, 1.82) is 0 Å². The number of hydrogen-bond acceptors (Lipinski definition) is 5. The van der Waals surface area contributed by atoms with Crippen LogP contribution in [0.15, 0.2) is 53.9 Å². The maximum absolute atomic E-state index is 11.1. The van der Waals surface area contributed by atoms with E-state index in [0.29, 0.717) is 5.13 Å². The molecule has 0 aliphatic rings. The van der Waals surface area contributed by atoms with Crippen molar-refractivity contribution in [2.24, 2.45) is 0 Å². The minimum atomic E-state index is -1.06. The summed E-state index contributed by atoms with van der Waals surface area (Å²) in [5, 5.41) is 26.1. The van der Waals surface area contributed by atoms with Crippen LogP contribution in [0.25, 0.3) is 27.3 Å². The Bertz CT molecular complexity index is 1080. The Kier molecular flexibility index (Phi) is 3.79. The zero-order valence-electron chi connectivity index (χ0n) is 13.0. The van der Waals surface area contributed by atoms with Crippen molar-refractivity contribution in [2.45, 2.75) is 6.61 Å². The molecule has 0 saturated carbocycles. The number of benzene rings is 2. The predicted octanol–water partition coefficient (Wildman–Crippen LogP) is 3.34. The van der Waals surface area contributed by atoms with Crippen molar-refractivity contribution in [3.05, 3.63) is 65.2 Å². The van der Waals surface area contributed by atoms with Crippen molar-refractivity contribution < 1.29 is 15.0 Å². The Morgan fingerprint density at radius 2 is 2.00 bits per heavy atom. The summed E-state index contributed by atoms with van der Waals surface area (Å²) in [6, 6.07) is 15.3. The molecule has 124 valence electrons. The first-order valence-electron chi connectivity index (χ1n) is 7.54. The highest BCUT2D eigenvalue weighted by Crippen LogP contribution is 2.31. The smallest absolute Gasteiger partial charge is 0.355 e. The summed E-state index contributed by atoms with van der Waals surface area (Å²) in [5.41, 5.74) is 3.30. The van der Waals surface area contributed by atoms with Crippen LogP contribution in [0.3, 0.4) is 0 Å². The highest BCUT2D eigenvalue weighted by Gasteiger charge is 2.17. The van der Waals surface area contributed by atoms with E-state index in [2.05, 4.69) is 10.1 Å². The molecule has 25 heavy (non-hydrogen) atoms. The molecule has 2 aromatic carbocycles. The fraction of sp³-hybridized carbons (Fsp3) is 0.0556. The first-order chi connectivity index (χ1) is 12.2. The number of thiazole rings is 1. The number of aliphatic hydroxyl groups is 1. The molecule has 0 aliphatic heterocycles. The van der Waals surface area contributed by atoms with Crippen molar-refractivity contribution in [3.63, 3.8) is 0 Å². The van der Waals surface area contributed by atoms with Crippen molar-refractivity contribution in [3.8, 4) is 16.4 Å². The summed E-state index contributed by atoms with van der Waals surface area (Å²) < 4.78 is 1.66. The lowest BCUT2D eigenvalue weighted by Crippen LogP contribution is -2.00. The zero-order valence-corrected chi connectivity index (χ0v) is 13.8. The van der Waals surface area contributed by atoms with E-state index in [9.17, 15) is 9.90 Å². The molecule has 0 saturated heterocycles. The van der Waals surface area contributed by atoms with Gasteiger partial charge in [0.15, 0.2) is 5.69 Å². The van der Waals surface area contributed by atoms with Gasteiger partial charge in [-0.3, -0.25) is 0 Å². The number of hydrogen-bond donors (Lipinski definition) is 2. The number of aliphatic hydroxyl groups excluding tert-OH is 1. The van der Waals surface area contributed by atoms with Gasteiger partial charge in [0.1, 0.15) is 5.69 Å². The van der Waals surface area contributed by atoms with Gasteiger partial charge in [-0.2, -0.15) is 5.10 Å². The van der Waals surface area contributed by atoms with Crippen LogP contribution in [0.1, 0.15) is 16.1 Å². The normalized spacial score (nSPS) is 11.1. The van der Waals surface area contributed by atoms with E-state index in [1.807, 2.05) is 48.5 Å². The largest absolute Gasteiger partial charge is 0.476 e. The second kappa shape index (κ2) is 6.12. The molecule has 2 heterocycles. The molecule has 4 rings (SSSR count). The highest BCUT2D eigenvalue weighted by molar-refractivity contribution is 7.12. The van der Waals surface area contributed by atoms with E-state index in [-0.39, 0.29) is 12.3 Å². The molecule has 6 nitrogen and oxygen atoms in total. The summed E-state index contributed by atoms with van der Waals surface area (Å²) >= 11 is 1.23. The standard InChI is InChI=1S/C18H13N3O3S/c22-9-11-4-3-5-12(8-11)16-13-6-1-2-7-15(13)21(20-16)18-19-14(10-25-18)17(23)24/h1-8,10,22H,9H2,(H,23,24). The Labute approximate surface area is 146 Å². The van der Waals surface area contributed by atoms with E-state index >= 15 is 0 Å². The topological polar surface area (TPSA) is 88.2 Å². The Hall–Kier alpha value is -3.03. The number of rotatable bonds is 4. The van der Waals surface area contributed by atoms with Crippen LogP contribution in [-0.2, 0) is 6.61 Å². The lowest BCUT2D eigenvalue weighted by Gasteiger charge is -2.01. The van der Waals surface area contributed by atoms with Gasteiger partial charge in [0.05, 0.1) is 12.1 Å². The van der Waals surface area contributed by atoms with Crippen LogP contribution in [0.2, 0.25) is 0 Å². The quantitative estimate of drug-likeness (QED) is 0.589. The van der Waals surface area contributed by atoms with E-state index in [1.165, 1.54) is 16.7 Å². The fourth-order valence-electron chi connectivity index (χ4n) is 2.70. The number of carboxylic acid groups (broad SMARTS) is 1. The van der Waals surface area contributed by atoms with Gasteiger partial charge in [0.2, 0.25) is 5.13 Å². The molecular formula is C18H13N3O3S. The maximum Gasteiger partial charge on any atom is 0.355 e. The maximum atomic E-state index is 11.1. The van der Waals surface area contributed by atoms with E-state index in [4.69, 9.17) is 5.11 Å². The number of fused-ring (bicyclic) bond motifs is 1. The average Bonchev–Trinajstić information content (AvgIpc) is 3.26. The average molecular weight is 351 g/mol. The number of carboxylic acids is 1. The van der Waals surface area contributed by atoms with Crippen molar-refractivity contribution in [1.82, 2.24) is 14.8 Å². The molecular weight excluding hydrogens is 338 g/mol. The molecule has 0 bridgehead atoms. The Balaban J connectivity index is 1.93. The third-order valence-electron chi connectivity index (χ3n) is 3.86. The minimum Gasteiger partial charge on any atom is -0.476 e. The molecule has 4 aromatic rings. The summed E-state index contributed by atoms with van der Waals surface area (Å²) in [6.07, 6.45) is 0. The second-order valence-electron chi connectivity index (χ2n) is 5.46. The van der Waals surface area contributed by atoms with Crippen LogP contribution in [0.4, 0.5) is 0 Å². The highest BCUT2D eigenvalue weighted by atomic mass is 32.1. The molecule has 0 aliphatic carbocycles. The zero-order chi connectivity index (χ0) is 17.4. The van der Waals surface area contributed by atoms with Gasteiger partial charge in [-0.1, -0.05) is 36.4 Å². The SMILES string of the molecule is O=C(O)c1csc(-n2nc(-c3cccc(CO)c3)c3ccccc32)n1. The third-order valence-corrected chi connectivity index (χ3v) is 4.68. The molecule has 0 spiro atoms. The van der Waals surface area contributed by atoms with Gasteiger partial charge in [0, 0.05) is 16.3 Å². The lowest BCUT2D eigenvalue weighted by molar-refractivity contribution is 0.0691. The molecule has 0 radical (unpaired) electrons. The van der Waals surface area contributed by atoms with Crippen LogP contribution >= 0.6 is 11.3 Å². The predicted molar refractivity (Wildman–Crippen MR) is 95.1 cm³/mol. The van der Waals surface area contributed by atoms with Crippen LogP contribution in [0, 0.1) is 0 Å². The molecule has 2 N–H and O–H groups in total. The van der Waals surface area contributed by atoms with Gasteiger partial charge in [0.25, 0.3) is 0 Å². The monoisotopic (exact) mass is 351 g/mol. The number of para-hydroxylation sites is 1. The first-order valence-corrected chi connectivity index (χ1v) is 8.42. The van der Waals surface area contributed by atoms with Crippen molar-refractivity contribution >= 4 is 28.2 Å². The fourth-order valence-corrected chi connectivity index (χ4v) is 3.46. The number of aromatic nitrogens is 3. The molecule has 7 heteroatoms. The van der Waals surface area contributed by atoms with Gasteiger partial charge >= 0.3 is 5.97 Å². The molecule has 0 atom stereocenters. The number of aromatic carboxylic acids is 1. The Morgan fingerprint density at radius 3 is 2.76 bits per heavy atom.